The molecule has 0 aromatic heterocycles. The fourth-order valence-electron chi connectivity index (χ4n) is 2.91. The summed E-state index contributed by atoms with van der Waals surface area (Å²) in [5.74, 6) is -0.281. The second kappa shape index (κ2) is 6.30. The Morgan fingerprint density at radius 2 is 2.17 bits per heavy atom. The van der Waals surface area contributed by atoms with Gasteiger partial charge in [0, 0.05) is 33.0 Å². The van der Waals surface area contributed by atoms with Crippen LogP contribution in [-0.4, -0.2) is 68.5 Å². The number of hydrogen-bond donors (Lipinski definition) is 1. The lowest BCUT2D eigenvalue weighted by Crippen LogP contribution is -2.38. The van der Waals surface area contributed by atoms with E-state index in [-0.39, 0.29) is 11.9 Å². The zero-order valence-corrected chi connectivity index (χ0v) is 11.4. The molecule has 1 aliphatic heterocycles. The fraction of sp³-hybridized carbons (Fsp3) is 1.00. The largest absolute Gasteiger partial charge is 0.389 e. The molecule has 1 saturated carbocycles. The summed E-state index contributed by atoms with van der Waals surface area (Å²) < 4.78 is 16.8. The van der Waals surface area contributed by atoms with E-state index in [0.717, 1.165) is 19.4 Å². The molecule has 0 amide bonds. The maximum Gasteiger partial charge on any atom is 0.168 e. The van der Waals surface area contributed by atoms with Crippen LogP contribution in [0.1, 0.15) is 25.7 Å². The molecule has 2 fully saturated rings. The number of rotatable bonds is 6. The van der Waals surface area contributed by atoms with Crippen LogP contribution in [0.25, 0.3) is 0 Å². The Balaban J connectivity index is 1.70. The van der Waals surface area contributed by atoms with Gasteiger partial charge in [0.15, 0.2) is 5.79 Å². The van der Waals surface area contributed by atoms with Crippen molar-refractivity contribution in [2.24, 2.45) is 0 Å². The number of ether oxygens (including phenoxy) is 3. The van der Waals surface area contributed by atoms with Gasteiger partial charge in [-0.2, -0.15) is 0 Å². The van der Waals surface area contributed by atoms with Crippen molar-refractivity contribution in [1.82, 2.24) is 4.90 Å². The molecule has 1 heterocycles. The van der Waals surface area contributed by atoms with Gasteiger partial charge in [0.2, 0.25) is 0 Å². The van der Waals surface area contributed by atoms with Gasteiger partial charge < -0.3 is 24.2 Å². The van der Waals surface area contributed by atoms with Gasteiger partial charge in [-0.1, -0.05) is 0 Å². The molecule has 1 N–H and O–H groups in total. The van der Waals surface area contributed by atoms with E-state index in [1.165, 1.54) is 12.8 Å². The zero-order valence-electron chi connectivity index (χ0n) is 11.4. The Labute approximate surface area is 109 Å². The highest BCUT2D eigenvalue weighted by Crippen LogP contribution is 2.39. The van der Waals surface area contributed by atoms with Gasteiger partial charge in [0.05, 0.1) is 25.4 Å². The first-order chi connectivity index (χ1) is 8.63. The van der Waals surface area contributed by atoms with Crippen molar-refractivity contribution in [2.45, 2.75) is 43.7 Å². The van der Waals surface area contributed by atoms with Crippen LogP contribution in [-0.2, 0) is 14.2 Å². The van der Waals surface area contributed by atoms with Crippen LogP contribution in [0.15, 0.2) is 0 Å². The zero-order chi connectivity index (χ0) is 13.0. The highest BCUT2D eigenvalue weighted by Gasteiger charge is 2.43. The Bertz CT molecular complexity index is 255. The molecule has 2 unspecified atom stereocenters. The monoisotopic (exact) mass is 259 g/mol. The summed E-state index contributed by atoms with van der Waals surface area (Å²) in [5.41, 5.74) is 0. The molecular formula is C13H25NO4. The minimum absolute atomic E-state index is 0.128. The van der Waals surface area contributed by atoms with E-state index in [1.54, 1.807) is 7.11 Å². The number of likely N-dealkylation sites (N-methyl/N-ethyl adjacent to an activating group) is 1. The van der Waals surface area contributed by atoms with Crippen molar-refractivity contribution < 1.29 is 19.3 Å². The van der Waals surface area contributed by atoms with Crippen LogP contribution in [0.4, 0.5) is 0 Å². The summed E-state index contributed by atoms with van der Waals surface area (Å²) in [6, 6.07) is 0. The van der Waals surface area contributed by atoms with Crippen LogP contribution >= 0.6 is 0 Å². The van der Waals surface area contributed by atoms with Crippen molar-refractivity contribution in [3.63, 3.8) is 0 Å². The molecule has 0 aromatic carbocycles. The van der Waals surface area contributed by atoms with E-state index in [4.69, 9.17) is 14.2 Å². The van der Waals surface area contributed by atoms with E-state index >= 15 is 0 Å². The van der Waals surface area contributed by atoms with E-state index in [9.17, 15) is 5.11 Å². The molecule has 5 heteroatoms. The topological polar surface area (TPSA) is 51.2 Å². The average molecular weight is 259 g/mol. The predicted molar refractivity (Wildman–Crippen MR) is 67.4 cm³/mol. The lowest BCUT2D eigenvalue weighted by atomic mass is 10.2. The van der Waals surface area contributed by atoms with Gasteiger partial charge in [-0.15, -0.1) is 0 Å². The molecule has 2 atom stereocenters. The van der Waals surface area contributed by atoms with Crippen molar-refractivity contribution in [2.75, 3.05) is 40.5 Å². The molecule has 1 aliphatic carbocycles. The second-order valence-corrected chi connectivity index (χ2v) is 5.50. The first-order valence-corrected chi connectivity index (χ1v) is 6.81. The number of nitrogens with zero attached hydrogens (tertiary/aromatic N) is 1. The van der Waals surface area contributed by atoms with Crippen molar-refractivity contribution in [3.05, 3.63) is 0 Å². The minimum atomic E-state index is -0.442. The van der Waals surface area contributed by atoms with Crippen molar-refractivity contribution in [1.29, 1.82) is 0 Å². The molecule has 0 aromatic rings. The van der Waals surface area contributed by atoms with E-state index < -0.39 is 6.10 Å². The third kappa shape index (κ3) is 3.65. The number of aliphatic hydroxyl groups excluding tert-OH is 1. The Hall–Kier alpha value is -0.200. The van der Waals surface area contributed by atoms with Crippen LogP contribution in [0.3, 0.4) is 0 Å². The van der Waals surface area contributed by atoms with Crippen LogP contribution < -0.4 is 0 Å². The summed E-state index contributed by atoms with van der Waals surface area (Å²) in [4.78, 5) is 2.08. The third-order valence-corrected chi connectivity index (χ3v) is 3.68. The van der Waals surface area contributed by atoms with Crippen LogP contribution in [0, 0.1) is 0 Å². The average Bonchev–Trinajstić information content (AvgIpc) is 2.90. The molecule has 18 heavy (non-hydrogen) atoms. The van der Waals surface area contributed by atoms with Gasteiger partial charge >= 0.3 is 0 Å². The van der Waals surface area contributed by atoms with Crippen LogP contribution in [0.2, 0.25) is 0 Å². The predicted octanol–water partition coefficient (Wildman–Crippen LogP) is 0.611. The van der Waals surface area contributed by atoms with Gasteiger partial charge in [0.25, 0.3) is 0 Å². The summed E-state index contributed by atoms with van der Waals surface area (Å²) >= 11 is 0. The van der Waals surface area contributed by atoms with Gasteiger partial charge in [-0.05, 0) is 19.9 Å². The summed E-state index contributed by atoms with van der Waals surface area (Å²) in [6.07, 6.45) is 4.15. The van der Waals surface area contributed by atoms with E-state index in [2.05, 4.69) is 4.90 Å². The normalized spacial score (nSPS) is 28.3. The molecule has 1 spiro atoms. The first-order valence-electron chi connectivity index (χ1n) is 6.81. The van der Waals surface area contributed by atoms with Crippen molar-refractivity contribution >= 4 is 0 Å². The van der Waals surface area contributed by atoms with Gasteiger partial charge in [-0.25, -0.2) is 0 Å². The van der Waals surface area contributed by atoms with Crippen molar-refractivity contribution in [3.8, 4) is 0 Å². The Morgan fingerprint density at radius 1 is 1.44 bits per heavy atom. The third-order valence-electron chi connectivity index (χ3n) is 3.68. The Kier molecular flexibility index (Phi) is 4.98. The highest BCUT2D eigenvalue weighted by molar-refractivity contribution is 4.85. The lowest BCUT2D eigenvalue weighted by molar-refractivity contribution is -0.163. The molecule has 5 nitrogen and oxygen atoms in total. The standard InChI is InChI=1S/C13H25NO4/c1-14(7-11(15)9-16-2)8-12-10-17-13(18-12)5-3-4-6-13/h11-12,15H,3-10H2,1-2H3. The summed E-state index contributed by atoms with van der Waals surface area (Å²) in [6.45, 7) is 2.43. The molecular weight excluding hydrogens is 234 g/mol. The molecule has 1 saturated heterocycles. The Morgan fingerprint density at radius 3 is 2.83 bits per heavy atom. The summed E-state index contributed by atoms with van der Waals surface area (Å²) in [5, 5.41) is 9.66. The fourth-order valence-corrected chi connectivity index (χ4v) is 2.91. The summed E-state index contributed by atoms with van der Waals surface area (Å²) in [7, 11) is 3.59. The van der Waals surface area contributed by atoms with E-state index in [0.29, 0.717) is 19.8 Å². The van der Waals surface area contributed by atoms with E-state index in [1.807, 2.05) is 7.05 Å². The quantitative estimate of drug-likeness (QED) is 0.757. The van der Waals surface area contributed by atoms with Gasteiger partial charge in [-0.3, -0.25) is 0 Å². The molecule has 0 bridgehead atoms. The molecule has 2 aliphatic rings. The highest BCUT2D eigenvalue weighted by atomic mass is 16.7. The van der Waals surface area contributed by atoms with Crippen LogP contribution in [0.5, 0.6) is 0 Å². The molecule has 2 rings (SSSR count). The SMILES string of the molecule is COCC(O)CN(C)CC1COC2(CCCC2)O1. The maximum atomic E-state index is 9.66. The number of aliphatic hydroxyl groups is 1. The molecule has 0 radical (unpaired) electrons. The number of methoxy groups -OCH3 is 1. The molecule has 106 valence electrons. The van der Waals surface area contributed by atoms with Gasteiger partial charge in [0.1, 0.15) is 0 Å². The first kappa shape index (κ1) is 14.2. The second-order valence-electron chi connectivity index (χ2n) is 5.50. The smallest absolute Gasteiger partial charge is 0.168 e. The number of hydrogen-bond acceptors (Lipinski definition) is 5. The maximum absolute atomic E-state index is 9.66. The lowest BCUT2D eigenvalue weighted by Gasteiger charge is -2.25. The minimum Gasteiger partial charge on any atom is -0.389 e.